The highest BCUT2D eigenvalue weighted by atomic mass is 79.9. The van der Waals surface area contributed by atoms with Gasteiger partial charge in [-0.1, -0.05) is 6.07 Å². The van der Waals surface area contributed by atoms with Gasteiger partial charge in [-0.15, -0.1) is 10.2 Å². The molecular weight excluding hydrogens is 358 g/mol. The van der Waals surface area contributed by atoms with Crippen molar-refractivity contribution in [2.45, 2.75) is 11.4 Å². The number of hydrogen-bond acceptors (Lipinski definition) is 5. The molecule has 0 amide bonds. The number of hydrogen-bond donors (Lipinski definition) is 1. The minimum absolute atomic E-state index is 0.0417. The van der Waals surface area contributed by atoms with Crippen LogP contribution in [0.25, 0.3) is 5.65 Å². The van der Waals surface area contributed by atoms with Crippen molar-refractivity contribution >= 4 is 31.6 Å². The lowest BCUT2D eigenvalue weighted by Gasteiger charge is -2.05. The summed E-state index contributed by atoms with van der Waals surface area (Å²) in [7, 11) is -3.65. The molecular formula is C12H10BrN5O2S. The molecule has 0 fully saturated rings. The van der Waals surface area contributed by atoms with Crippen molar-refractivity contribution in [2.24, 2.45) is 0 Å². The van der Waals surface area contributed by atoms with E-state index in [1.165, 1.54) is 18.5 Å². The van der Waals surface area contributed by atoms with Gasteiger partial charge in [0, 0.05) is 23.1 Å². The monoisotopic (exact) mass is 367 g/mol. The molecule has 0 spiro atoms. The van der Waals surface area contributed by atoms with Crippen LogP contribution in [0.5, 0.6) is 0 Å². The van der Waals surface area contributed by atoms with Gasteiger partial charge in [0.2, 0.25) is 10.0 Å². The average Bonchev–Trinajstić information content (AvgIpc) is 2.88. The molecule has 0 unspecified atom stereocenters. The lowest BCUT2D eigenvalue weighted by molar-refractivity contribution is 0.578. The Morgan fingerprint density at radius 1 is 1.24 bits per heavy atom. The van der Waals surface area contributed by atoms with Crippen LogP contribution in [0, 0.1) is 0 Å². The first-order valence-corrected chi connectivity index (χ1v) is 8.23. The number of aromatic nitrogens is 4. The maximum absolute atomic E-state index is 12.2. The van der Waals surface area contributed by atoms with Crippen LogP contribution < -0.4 is 4.72 Å². The highest BCUT2D eigenvalue weighted by Crippen LogP contribution is 2.14. The molecule has 0 radical (unpaired) electrons. The normalized spacial score (nSPS) is 11.9. The minimum Gasteiger partial charge on any atom is -0.285 e. The van der Waals surface area contributed by atoms with Crippen LogP contribution in [-0.4, -0.2) is 28.0 Å². The zero-order valence-electron chi connectivity index (χ0n) is 10.6. The number of pyridine rings is 2. The number of nitrogens with zero attached hydrogens (tertiary/aromatic N) is 4. The topological polar surface area (TPSA) is 89.2 Å². The van der Waals surface area contributed by atoms with Gasteiger partial charge in [-0.2, -0.15) is 0 Å². The van der Waals surface area contributed by atoms with Crippen LogP contribution in [0.4, 0.5) is 0 Å². The maximum atomic E-state index is 12.2. The van der Waals surface area contributed by atoms with E-state index in [4.69, 9.17) is 0 Å². The second-order valence-corrected chi connectivity index (χ2v) is 6.89. The molecule has 0 aliphatic carbocycles. The van der Waals surface area contributed by atoms with Crippen molar-refractivity contribution in [3.8, 4) is 0 Å². The quantitative estimate of drug-likeness (QED) is 0.751. The molecule has 0 aromatic carbocycles. The van der Waals surface area contributed by atoms with Gasteiger partial charge in [-0.3, -0.25) is 9.38 Å². The van der Waals surface area contributed by atoms with Crippen molar-refractivity contribution in [3.63, 3.8) is 0 Å². The highest BCUT2D eigenvalue weighted by molar-refractivity contribution is 9.10. The Labute approximate surface area is 129 Å². The largest absolute Gasteiger partial charge is 0.285 e. The van der Waals surface area contributed by atoms with Crippen molar-refractivity contribution < 1.29 is 8.42 Å². The second kappa shape index (κ2) is 5.51. The second-order valence-electron chi connectivity index (χ2n) is 4.21. The SMILES string of the molecule is O=S(=O)(NCc1nnc2ccccn12)c1cncc(Br)c1. The van der Waals surface area contributed by atoms with Gasteiger partial charge < -0.3 is 0 Å². The zero-order valence-corrected chi connectivity index (χ0v) is 13.0. The van der Waals surface area contributed by atoms with Gasteiger partial charge in [-0.25, -0.2) is 13.1 Å². The number of halogens is 1. The predicted molar refractivity (Wildman–Crippen MR) is 78.9 cm³/mol. The predicted octanol–water partition coefficient (Wildman–Crippen LogP) is 1.37. The summed E-state index contributed by atoms with van der Waals surface area (Å²) in [6.07, 6.45) is 4.58. The zero-order chi connectivity index (χ0) is 14.9. The Morgan fingerprint density at radius 2 is 2.10 bits per heavy atom. The van der Waals surface area contributed by atoms with Crippen molar-refractivity contribution in [3.05, 3.63) is 53.2 Å². The lowest BCUT2D eigenvalue weighted by atomic mass is 10.5. The van der Waals surface area contributed by atoms with E-state index in [2.05, 4.69) is 35.8 Å². The van der Waals surface area contributed by atoms with Crippen molar-refractivity contribution in [2.75, 3.05) is 0 Å². The molecule has 1 N–H and O–H groups in total. The Bertz CT molecular complexity index is 893. The number of sulfonamides is 1. The third kappa shape index (κ3) is 2.94. The van der Waals surface area contributed by atoms with Crippen molar-refractivity contribution in [1.29, 1.82) is 0 Å². The molecule has 0 saturated heterocycles. The molecule has 0 aliphatic heterocycles. The Balaban J connectivity index is 1.84. The first-order chi connectivity index (χ1) is 10.1. The van der Waals surface area contributed by atoms with Crippen LogP contribution in [0.15, 0.2) is 52.2 Å². The summed E-state index contributed by atoms with van der Waals surface area (Å²) < 4.78 is 29.2. The summed E-state index contributed by atoms with van der Waals surface area (Å²) in [6, 6.07) is 6.94. The summed E-state index contributed by atoms with van der Waals surface area (Å²) in [4.78, 5) is 3.93. The smallest absolute Gasteiger partial charge is 0.242 e. The van der Waals surface area contributed by atoms with E-state index in [-0.39, 0.29) is 11.4 Å². The molecule has 0 bridgehead atoms. The third-order valence-electron chi connectivity index (χ3n) is 2.79. The molecule has 0 aliphatic rings. The van der Waals surface area contributed by atoms with E-state index < -0.39 is 10.0 Å². The average molecular weight is 368 g/mol. The Hall–Kier alpha value is -1.84. The lowest BCUT2D eigenvalue weighted by Crippen LogP contribution is -2.24. The van der Waals surface area contributed by atoms with Gasteiger partial charge in [0.25, 0.3) is 0 Å². The highest BCUT2D eigenvalue weighted by Gasteiger charge is 2.16. The molecule has 0 atom stereocenters. The van der Waals surface area contributed by atoms with E-state index in [0.717, 1.165) is 0 Å². The summed E-state index contributed by atoms with van der Waals surface area (Å²) in [5.41, 5.74) is 0.663. The Morgan fingerprint density at radius 3 is 2.90 bits per heavy atom. The van der Waals surface area contributed by atoms with E-state index in [0.29, 0.717) is 15.9 Å². The van der Waals surface area contributed by atoms with E-state index in [1.54, 1.807) is 16.7 Å². The molecule has 0 saturated carbocycles. The Kier molecular flexibility index (Phi) is 3.70. The summed E-state index contributed by atoms with van der Waals surface area (Å²) >= 11 is 3.20. The number of rotatable bonds is 4. The van der Waals surface area contributed by atoms with E-state index in [9.17, 15) is 8.42 Å². The fraction of sp³-hybridized carbons (Fsp3) is 0.0833. The van der Waals surface area contributed by atoms with Crippen LogP contribution >= 0.6 is 15.9 Å². The molecule has 3 aromatic heterocycles. The standard InChI is InChI=1S/C12H10BrN5O2S/c13-9-5-10(7-14-6-9)21(19,20)15-8-12-17-16-11-3-1-2-4-18(11)12/h1-7,15H,8H2. The summed E-state index contributed by atoms with van der Waals surface area (Å²) in [6.45, 7) is 0.0417. The van der Waals surface area contributed by atoms with Crippen LogP contribution in [-0.2, 0) is 16.6 Å². The van der Waals surface area contributed by atoms with Crippen LogP contribution in [0.2, 0.25) is 0 Å². The molecule has 9 heteroatoms. The summed E-state index contributed by atoms with van der Waals surface area (Å²) in [5.74, 6) is 0.511. The first-order valence-electron chi connectivity index (χ1n) is 5.95. The molecule has 108 valence electrons. The fourth-order valence-electron chi connectivity index (χ4n) is 1.79. The molecule has 3 heterocycles. The first kappa shape index (κ1) is 14.1. The van der Waals surface area contributed by atoms with Gasteiger partial charge in [0.1, 0.15) is 4.90 Å². The van der Waals surface area contributed by atoms with Crippen LogP contribution in [0.1, 0.15) is 5.82 Å². The molecule has 21 heavy (non-hydrogen) atoms. The third-order valence-corrected chi connectivity index (χ3v) is 4.60. The molecule has 3 rings (SSSR count). The van der Waals surface area contributed by atoms with Crippen LogP contribution in [0.3, 0.4) is 0 Å². The molecule has 7 nitrogen and oxygen atoms in total. The minimum atomic E-state index is -3.65. The van der Waals surface area contributed by atoms with Gasteiger partial charge in [-0.05, 0) is 34.1 Å². The summed E-state index contributed by atoms with van der Waals surface area (Å²) in [5, 5.41) is 7.94. The van der Waals surface area contributed by atoms with E-state index >= 15 is 0 Å². The molecule has 3 aromatic rings. The number of nitrogens with one attached hydrogen (secondary N) is 1. The van der Waals surface area contributed by atoms with Gasteiger partial charge >= 0.3 is 0 Å². The fourth-order valence-corrected chi connectivity index (χ4v) is 3.28. The van der Waals surface area contributed by atoms with Gasteiger partial charge in [0.05, 0.1) is 6.54 Å². The van der Waals surface area contributed by atoms with Gasteiger partial charge in [0.15, 0.2) is 11.5 Å². The number of fused-ring (bicyclic) bond motifs is 1. The van der Waals surface area contributed by atoms with E-state index in [1.807, 2.05) is 12.1 Å². The van der Waals surface area contributed by atoms with Crippen molar-refractivity contribution in [1.82, 2.24) is 24.3 Å². The maximum Gasteiger partial charge on any atom is 0.242 e.